The maximum absolute atomic E-state index is 11.0. The molecule has 0 fully saturated rings. The Bertz CT molecular complexity index is 732. The first-order valence-corrected chi connectivity index (χ1v) is 12.1. The van der Waals surface area contributed by atoms with Gasteiger partial charge in [0.2, 0.25) is 0 Å². The van der Waals surface area contributed by atoms with E-state index in [1.54, 1.807) is 0 Å². The monoisotopic (exact) mass is 448 g/mol. The highest BCUT2D eigenvalue weighted by atomic mass is 79.9. The van der Waals surface area contributed by atoms with Crippen molar-refractivity contribution in [3.05, 3.63) is 34.9 Å². The molecule has 2 unspecified atom stereocenters. The van der Waals surface area contributed by atoms with Crippen molar-refractivity contribution in [2.45, 2.75) is 96.5 Å². The van der Waals surface area contributed by atoms with Crippen molar-refractivity contribution in [3.8, 4) is 11.5 Å². The average molecular weight is 449 g/mol. The van der Waals surface area contributed by atoms with Crippen LogP contribution in [0.1, 0.15) is 96.6 Å². The minimum atomic E-state index is -0.209. The molecule has 2 atom stereocenters. The number of phenolic OH excluding ortho intramolecular Hbond substituents is 1. The van der Waals surface area contributed by atoms with Gasteiger partial charge in [-0.2, -0.15) is 0 Å². The topological polar surface area (TPSA) is 29.5 Å². The van der Waals surface area contributed by atoms with E-state index in [0.717, 1.165) is 35.9 Å². The standard InChI is InChI=1S/C25H37BrO2/c1-17-10-11-20-19(14-17)23-21(27)15-18(16-22(23)28-25(20,4)5)24(2,3)12-8-6-7-9-13-26/h10,15-16,19-20,27H,6-9,11-14H2,1-5H3. The zero-order chi connectivity index (χ0) is 20.5. The smallest absolute Gasteiger partial charge is 0.127 e. The quantitative estimate of drug-likeness (QED) is 0.263. The number of ether oxygens (including phenoxy) is 1. The maximum Gasteiger partial charge on any atom is 0.127 e. The fourth-order valence-corrected chi connectivity index (χ4v) is 5.51. The third-order valence-electron chi connectivity index (χ3n) is 6.97. The molecule has 28 heavy (non-hydrogen) atoms. The number of hydrogen-bond acceptors (Lipinski definition) is 2. The first kappa shape index (κ1) is 21.7. The van der Waals surface area contributed by atoms with Crippen molar-refractivity contribution in [1.82, 2.24) is 0 Å². The predicted molar refractivity (Wildman–Crippen MR) is 122 cm³/mol. The molecule has 1 aromatic rings. The Kier molecular flexibility index (Phi) is 6.54. The molecule has 0 spiro atoms. The van der Waals surface area contributed by atoms with Crippen molar-refractivity contribution < 1.29 is 9.84 Å². The van der Waals surface area contributed by atoms with E-state index >= 15 is 0 Å². The first-order chi connectivity index (χ1) is 13.2. The Morgan fingerprint density at radius 2 is 1.89 bits per heavy atom. The van der Waals surface area contributed by atoms with Crippen LogP contribution in [0.3, 0.4) is 0 Å². The van der Waals surface area contributed by atoms with Crippen LogP contribution in [0.5, 0.6) is 11.5 Å². The zero-order valence-electron chi connectivity index (χ0n) is 18.3. The molecule has 1 aliphatic carbocycles. The second-order valence-corrected chi connectivity index (χ2v) is 10.8. The summed E-state index contributed by atoms with van der Waals surface area (Å²) in [5, 5.41) is 12.1. The molecule has 0 aromatic heterocycles. The van der Waals surface area contributed by atoms with Gasteiger partial charge in [-0.25, -0.2) is 0 Å². The van der Waals surface area contributed by atoms with Gasteiger partial charge in [-0.3, -0.25) is 0 Å². The van der Waals surface area contributed by atoms with Gasteiger partial charge in [0, 0.05) is 22.7 Å². The summed E-state index contributed by atoms with van der Waals surface area (Å²) < 4.78 is 6.50. The number of alkyl halides is 1. The van der Waals surface area contributed by atoms with E-state index < -0.39 is 0 Å². The number of benzene rings is 1. The molecule has 2 nitrogen and oxygen atoms in total. The van der Waals surface area contributed by atoms with Gasteiger partial charge in [0.05, 0.1) is 0 Å². The molecule has 0 radical (unpaired) electrons. The van der Waals surface area contributed by atoms with Crippen molar-refractivity contribution >= 4 is 15.9 Å². The molecule has 3 rings (SSSR count). The molecule has 0 amide bonds. The summed E-state index contributed by atoms with van der Waals surface area (Å²) in [6, 6.07) is 4.24. The fourth-order valence-electron chi connectivity index (χ4n) is 5.11. The molecular weight excluding hydrogens is 412 g/mol. The average Bonchev–Trinajstić information content (AvgIpc) is 2.60. The summed E-state index contributed by atoms with van der Waals surface area (Å²) in [7, 11) is 0. The van der Waals surface area contributed by atoms with Gasteiger partial charge in [-0.1, -0.05) is 60.7 Å². The molecule has 1 heterocycles. The second-order valence-electron chi connectivity index (χ2n) is 10.1. The zero-order valence-corrected chi connectivity index (χ0v) is 19.9. The molecule has 3 heteroatoms. The van der Waals surface area contributed by atoms with E-state index in [0.29, 0.717) is 17.6 Å². The Labute approximate surface area is 179 Å². The van der Waals surface area contributed by atoms with Crippen LogP contribution in [0.25, 0.3) is 0 Å². The van der Waals surface area contributed by atoms with Crippen LogP contribution in [-0.2, 0) is 5.41 Å². The molecular formula is C25H37BrO2. The lowest BCUT2D eigenvalue weighted by atomic mass is 9.66. The molecule has 0 saturated carbocycles. The number of aromatic hydroxyl groups is 1. The van der Waals surface area contributed by atoms with Crippen LogP contribution < -0.4 is 4.74 Å². The summed E-state index contributed by atoms with van der Waals surface area (Å²) >= 11 is 3.51. The molecule has 156 valence electrons. The number of halogens is 1. The predicted octanol–water partition coefficient (Wildman–Crippen LogP) is 7.63. The molecule has 0 saturated heterocycles. The van der Waals surface area contributed by atoms with Crippen molar-refractivity contribution in [3.63, 3.8) is 0 Å². The third-order valence-corrected chi connectivity index (χ3v) is 7.53. The summed E-state index contributed by atoms with van der Waals surface area (Å²) in [4.78, 5) is 0. The minimum Gasteiger partial charge on any atom is -0.508 e. The van der Waals surface area contributed by atoms with Crippen molar-refractivity contribution in [1.29, 1.82) is 0 Å². The summed E-state index contributed by atoms with van der Waals surface area (Å²) in [6.45, 7) is 11.2. The molecule has 0 bridgehead atoms. The lowest BCUT2D eigenvalue weighted by Crippen LogP contribution is -2.45. The highest BCUT2D eigenvalue weighted by molar-refractivity contribution is 9.09. The van der Waals surface area contributed by atoms with Crippen LogP contribution in [-0.4, -0.2) is 16.0 Å². The number of hydrogen-bond donors (Lipinski definition) is 1. The largest absolute Gasteiger partial charge is 0.508 e. The van der Waals surface area contributed by atoms with E-state index in [9.17, 15) is 5.11 Å². The molecule has 1 aromatic carbocycles. The van der Waals surface area contributed by atoms with Crippen LogP contribution in [0, 0.1) is 5.92 Å². The Balaban J connectivity index is 1.86. The van der Waals surface area contributed by atoms with Gasteiger partial charge in [0.15, 0.2) is 0 Å². The first-order valence-electron chi connectivity index (χ1n) is 10.9. The maximum atomic E-state index is 11.0. The van der Waals surface area contributed by atoms with E-state index in [-0.39, 0.29) is 11.0 Å². The summed E-state index contributed by atoms with van der Waals surface area (Å²) in [6.07, 6.45) is 10.6. The Morgan fingerprint density at radius 3 is 2.61 bits per heavy atom. The number of allylic oxidation sites excluding steroid dienone is 2. The van der Waals surface area contributed by atoms with Crippen LogP contribution >= 0.6 is 15.9 Å². The minimum absolute atomic E-state index is 0.0354. The van der Waals surface area contributed by atoms with Crippen LogP contribution in [0.15, 0.2) is 23.8 Å². The number of rotatable bonds is 7. The highest BCUT2D eigenvalue weighted by Gasteiger charge is 2.46. The number of fused-ring (bicyclic) bond motifs is 3. The third kappa shape index (κ3) is 4.45. The van der Waals surface area contributed by atoms with Crippen molar-refractivity contribution in [2.24, 2.45) is 5.92 Å². The van der Waals surface area contributed by atoms with Gasteiger partial charge in [0.1, 0.15) is 17.1 Å². The van der Waals surface area contributed by atoms with Crippen LogP contribution in [0.4, 0.5) is 0 Å². The van der Waals surface area contributed by atoms with Gasteiger partial charge in [-0.05, 0) is 69.6 Å². The Hall–Kier alpha value is -0.960. The van der Waals surface area contributed by atoms with Crippen LogP contribution in [0.2, 0.25) is 0 Å². The van der Waals surface area contributed by atoms with E-state index in [1.165, 1.54) is 36.8 Å². The molecule has 2 aliphatic rings. The van der Waals surface area contributed by atoms with E-state index in [4.69, 9.17) is 4.74 Å². The normalized spacial score (nSPS) is 23.4. The number of phenols is 1. The fraction of sp³-hybridized carbons (Fsp3) is 0.680. The lowest BCUT2D eigenvalue weighted by Gasteiger charge is -2.47. The Morgan fingerprint density at radius 1 is 1.18 bits per heavy atom. The van der Waals surface area contributed by atoms with Gasteiger partial charge >= 0.3 is 0 Å². The van der Waals surface area contributed by atoms with E-state index in [2.05, 4.69) is 62.7 Å². The van der Waals surface area contributed by atoms with Gasteiger partial charge < -0.3 is 9.84 Å². The lowest BCUT2D eigenvalue weighted by molar-refractivity contribution is 0.00741. The second kappa shape index (κ2) is 8.42. The molecule has 1 aliphatic heterocycles. The van der Waals surface area contributed by atoms with Gasteiger partial charge in [0.25, 0.3) is 0 Å². The highest BCUT2D eigenvalue weighted by Crippen LogP contribution is 2.54. The molecule has 1 N–H and O–H groups in total. The summed E-state index contributed by atoms with van der Waals surface area (Å²) in [5.74, 6) is 2.11. The van der Waals surface area contributed by atoms with Gasteiger partial charge in [-0.15, -0.1) is 0 Å². The number of unbranched alkanes of at least 4 members (excludes halogenated alkanes) is 3. The SMILES string of the molecule is CC1=CCC2C(C1)c1c(O)cc(C(C)(C)CCCCCCBr)cc1OC2(C)C. The van der Waals surface area contributed by atoms with E-state index in [1.807, 2.05) is 6.07 Å². The summed E-state index contributed by atoms with van der Waals surface area (Å²) in [5.41, 5.74) is 3.49. The van der Waals surface area contributed by atoms with Crippen molar-refractivity contribution in [2.75, 3.05) is 5.33 Å².